The lowest BCUT2D eigenvalue weighted by atomic mass is 10.0. The zero-order chi connectivity index (χ0) is 13.7. The van der Waals surface area contributed by atoms with Gasteiger partial charge in [0, 0.05) is 6.42 Å². The number of epoxide rings is 1. The minimum absolute atomic E-state index is 0.241. The summed E-state index contributed by atoms with van der Waals surface area (Å²) < 4.78 is 11.7. The van der Waals surface area contributed by atoms with E-state index >= 15 is 0 Å². The van der Waals surface area contributed by atoms with Gasteiger partial charge in [-0.2, -0.15) is 0 Å². The van der Waals surface area contributed by atoms with Crippen molar-refractivity contribution in [2.75, 3.05) is 0 Å². The zero-order valence-corrected chi connectivity index (χ0v) is 11.2. The summed E-state index contributed by atoms with van der Waals surface area (Å²) in [5, 5.41) is 9.90. The van der Waals surface area contributed by atoms with Crippen LogP contribution in [0.25, 0.3) is 0 Å². The van der Waals surface area contributed by atoms with Crippen LogP contribution >= 0.6 is 0 Å². The number of benzene rings is 2. The largest absolute Gasteiger partial charge is 0.482 e. The van der Waals surface area contributed by atoms with Crippen molar-refractivity contribution in [3.05, 3.63) is 65.2 Å². The summed E-state index contributed by atoms with van der Waals surface area (Å²) in [5.74, 6) is 0.844. The third-order valence-electron chi connectivity index (χ3n) is 4.28. The van der Waals surface area contributed by atoms with Gasteiger partial charge >= 0.3 is 0 Å². The van der Waals surface area contributed by atoms with Gasteiger partial charge < -0.3 is 14.6 Å². The zero-order valence-electron chi connectivity index (χ0n) is 11.2. The lowest BCUT2D eigenvalue weighted by molar-refractivity contribution is 0.110. The first kappa shape index (κ1) is 11.9. The van der Waals surface area contributed by atoms with E-state index in [4.69, 9.17) is 9.47 Å². The second kappa shape index (κ2) is 4.08. The molecule has 1 unspecified atom stereocenters. The summed E-state index contributed by atoms with van der Waals surface area (Å²) in [5.41, 5.74) is 2.81. The van der Waals surface area contributed by atoms with Crippen LogP contribution in [0.15, 0.2) is 48.5 Å². The summed E-state index contributed by atoms with van der Waals surface area (Å²) in [4.78, 5) is 0. The molecule has 0 amide bonds. The van der Waals surface area contributed by atoms with Crippen LogP contribution in [-0.2, 0) is 11.2 Å². The SMILES string of the molecule is Cc1ccccc1O[C@H]1c2ccccc2C[C@]12OC2O. The van der Waals surface area contributed by atoms with Crippen LogP contribution < -0.4 is 4.74 Å². The summed E-state index contributed by atoms with van der Waals surface area (Å²) in [6.45, 7) is 2.02. The molecular weight excluding hydrogens is 252 g/mol. The third-order valence-corrected chi connectivity index (χ3v) is 4.28. The van der Waals surface area contributed by atoms with Crippen LogP contribution in [0.2, 0.25) is 0 Å². The van der Waals surface area contributed by atoms with E-state index in [2.05, 4.69) is 12.1 Å². The standard InChI is InChI=1S/C17H16O3/c1-11-6-2-5-9-14(11)19-15-13-8-4-3-7-12(13)10-17(15)16(18)20-17/h2-9,15-16,18H,10H2,1H3/t15-,16?,17-/m0/s1. The highest BCUT2D eigenvalue weighted by Crippen LogP contribution is 2.55. The lowest BCUT2D eigenvalue weighted by Gasteiger charge is -2.20. The number of aryl methyl sites for hydroxylation is 1. The normalized spacial score (nSPS) is 30.3. The molecule has 1 fully saturated rings. The second-order valence-electron chi connectivity index (χ2n) is 5.56. The molecule has 3 atom stereocenters. The van der Waals surface area contributed by atoms with Gasteiger partial charge in [-0.25, -0.2) is 0 Å². The van der Waals surface area contributed by atoms with Gasteiger partial charge in [-0.05, 0) is 29.7 Å². The molecule has 4 rings (SSSR count). The Morgan fingerprint density at radius 3 is 2.60 bits per heavy atom. The molecule has 1 aliphatic carbocycles. The molecule has 0 aromatic heterocycles. The first-order chi connectivity index (χ1) is 9.71. The molecule has 0 bridgehead atoms. The highest BCUT2D eigenvalue weighted by Gasteiger charge is 2.66. The Bertz CT molecular complexity index is 667. The van der Waals surface area contributed by atoms with E-state index in [1.807, 2.05) is 43.3 Å². The number of hydrogen-bond donors (Lipinski definition) is 1. The van der Waals surface area contributed by atoms with E-state index in [0.717, 1.165) is 16.9 Å². The fourth-order valence-electron chi connectivity index (χ4n) is 3.08. The van der Waals surface area contributed by atoms with Gasteiger partial charge in [-0.15, -0.1) is 0 Å². The first-order valence-corrected chi connectivity index (χ1v) is 6.87. The van der Waals surface area contributed by atoms with Crippen molar-refractivity contribution in [1.82, 2.24) is 0 Å². The van der Waals surface area contributed by atoms with Crippen LogP contribution in [0.5, 0.6) is 5.75 Å². The highest BCUT2D eigenvalue weighted by molar-refractivity contribution is 5.43. The molecule has 3 heteroatoms. The molecule has 3 nitrogen and oxygen atoms in total. The number of aliphatic hydroxyl groups is 1. The van der Waals surface area contributed by atoms with Crippen molar-refractivity contribution in [2.45, 2.75) is 31.3 Å². The van der Waals surface area contributed by atoms with Crippen LogP contribution in [0, 0.1) is 6.92 Å². The number of para-hydroxylation sites is 1. The molecule has 0 saturated carbocycles. The molecule has 1 N–H and O–H groups in total. The van der Waals surface area contributed by atoms with Gasteiger partial charge in [0.15, 0.2) is 18.0 Å². The average molecular weight is 268 g/mol. The van der Waals surface area contributed by atoms with Crippen LogP contribution in [0.3, 0.4) is 0 Å². The fraction of sp³-hybridized carbons (Fsp3) is 0.294. The molecule has 2 aliphatic rings. The van der Waals surface area contributed by atoms with E-state index in [1.54, 1.807) is 0 Å². The molecule has 1 spiro atoms. The summed E-state index contributed by atoms with van der Waals surface area (Å²) in [6.07, 6.45) is -0.264. The van der Waals surface area contributed by atoms with Crippen molar-refractivity contribution < 1.29 is 14.6 Å². The maximum Gasteiger partial charge on any atom is 0.189 e. The summed E-state index contributed by atoms with van der Waals surface area (Å²) in [7, 11) is 0. The van der Waals surface area contributed by atoms with Crippen molar-refractivity contribution in [3.8, 4) is 5.75 Å². The molecule has 102 valence electrons. The summed E-state index contributed by atoms with van der Waals surface area (Å²) in [6, 6.07) is 16.1. The second-order valence-corrected chi connectivity index (χ2v) is 5.56. The Hall–Kier alpha value is -1.84. The number of rotatable bonds is 2. The minimum Gasteiger partial charge on any atom is -0.482 e. The Kier molecular flexibility index (Phi) is 2.43. The predicted octanol–water partition coefficient (Wildman–Crippen LogP) is 2.76. The van der Waals surface area contributed by atoms with E-state index in [1.165, 1.54) is 5.56 Å². The van der Waals surface area contributed by atoms with E-state index in [-0.39, 0.29) is 6.10 Å². The van der Waals surface area contributed by atoms with E-state index in [0.29, 0.717) is 6.42 Å². The smallest absolute Gasteiger partial charge is 0.189 e. The monoisotopic (exact) mass is 268 g/mol. The highest BCUT2D eigenvalue weighted by atomic mass is 16.7. The molecular formula is C17H16O3. The Morgan fingerprint density at radius 2 is 1.85 bits per heavy atom. The number of hydrogen-bond acceptors (Lipinski definition) is 3. The third kappa shape index (κ3) is 1.60. The Labute approximate surface area is 117 Å². The van der Waals surface area contributed by atoms with E-state index in [9.17, 15) is 5.11 Å². The molecule has 2 aromatic rings. The van der Waals surface area contributed by atoms with Gasteiger partial charge in [0.1, 0.15) is 5.75 Å². The minimum atomic E-state index is -0.732. The summed E-state index contributed by atoms with van der Waals surface area (Å²) >= 11 is 0. The van der Waals surface area contributed by atoms with Crippen LogP contribution in [0.4, 0.5) is 0 Å². The Balaban J connectivity index is 1.74. The maximum atomic E-state index is 9.90. The lowest BCUT2D eigenvalue weighted by Crippen LogP contribution is -2.26. The van der Waals surface area contributed by atoms with Crippen molar-refractivity contribution >= 4 is 0 Å². The quantitative estimate of drug-likeness (QED) is 0.852. The number of fused-ring (bicyclic) bond motifs is 1. The average Bonchev–Trinajstić information content (AvgIpc) is 2.98. The van der Waals surface area contributed by atoms with Gasteiger partial charge in [0.25, 0.3) is 0 Å². The van der Waals surface area contributed by atoms with E-state index < -0.39 is 11.9 Å². The van der Waals surface area contributed by atoms with Crippen LogP contribution in [0.1, 0.15) is 22.8 Å². The number of aliphatic hydroxyl groups excluding tert-OH is 1. The van der Waals surface area contributed by atoms with Gasteiger partial charge in [0.2, 0.25) is 0 Å². The van der Waals surface area contributed by atoms with Gasteiger partial charge in [0.05, 0.1) is 0 Å². The van der Waals surface area contributed by atoms with Crippen molar-refractivity contribution in [2.24, 2.45) is 0 Å². The molecule has 2 aromatic carbocycles. The van der Waals surface area contributed by atoms with Crippen LogP contribution in [-0.4, -0.2) is 17.0 Å². The predicted molar refractivity (Wildman–Crippen MR) is 74.5 cm³/mol. The van der Waals surface area contributed by atoms with Gasteiger partial charge in [-0.3, -0.25) is 0 Å². The molecule has 1 saturated heterocycles. The van der Waals surface area contributed by atoms with Crippen molar-refractivity contribution in [3.63, 3.8) is 0 Å². The first-order valence-electron chi connectivity index (χ1n) is 6.87. The Morgan fingerprint density at radius 1 is 1.15 bits per heavy atom. The fourth-order valence-corrected chi connectivity index (χ4v) is 3.08. The number of ether oxygens (including phenoxy) is 2. The van der Waals surface area contributed by atoms with Crippen molar-refractivity contribution in [1.29, 1.82) is 0 Å². The molecule has 1 heterocycles. The van der Waals surface area contributed by atoms with Gasteiger partial charge in [-0.1, -0.05) is 42.5 Å². The molecule has 20 heavy (non-hydrogen) atoms. The molecule has 1 aliphatic heterocycles. The topological polar surface area (TPSA) is 42.0 Å². The molecule has 0 radical (unpaired) electrons. The maximum absolute atomic E-state index is 9.90.